The molecule has 0 unspecified atom stereocenters. The van der Waals surface area contributed by atoms with Crippen molar-refractivity contribution in [1.29, 1.82) is 5.26 Å². The van der Waals surface area contributed by atoms with Crippen LogP contribution in [0.5, 0.6) is 0 Å². The zero-order valence-electron chi connectivity index (χ0n) is 11.8. The van der Waals surface area contributed by atoms with E-state index in [1.165, 1.54) is 11.8 Å². The van der Waals surface area contributed by atoms with Gasteiger partial charge in [-0.1, -0.05) is 5.16 Å². The minimum atomic E-state index is -0.0727. The molecule has 0 atom stereocenters. The molecule has 5 nitrogen and oxygen atoms in total. The minimum absolute atomic E-state index is 0.0727. The van der Waals surface area contributed by atoms with Crippen molar-refractivity contribution in [1.82, 2.24) is 5.16 Å². The Labute approximate surface area is 127 Å². The van der Waals surface area contributed by atoms with Gasteiger partial charge in [0.25, 0.3) is 0 Å². The highest BCUT2D eigenvalue weighted by atomic mass is 32.2. The molecule has 1 aromatic carbocycles. The fourth-order valence-corrected chi connectivity index (χ4v) is 2.75. The molecule has 0 saturated carbocycles. The second-order valence-corrected chi connectivity index (χ2v) is 5.52. The Morgan fingerprint density at radius 3 is 2.67 bits per heavy atom. The Morgan fingerprint density at radius 1 is 1.38 bits per heavy atom. The van der Waals surface area contributed by atoms with E-state index in [0.717, 1.165) is 17.0 Å². The van der Waals surface area contributed by atoms with Gasteiger partial charge >= 0.3 is 0 Å². The first-order valence-electron chi connectivity index (χ1n) is 6.39. The summed E-state index contributed by atoms with van der Waals surface area (Å²) in [5, 5.41) is 15.4. The fourth-order valence-electron chi connectivity index (χ4n) is 1.78. The molecule has 108 valence electrons. The van der Waals surface area contributed by atoms with Crippen LogP contribution < -0.4 is 5.32 Å². The third kappa shape index (κ3) is 4.10. The lowest BCUT2D eigenvalue weighted by Crippen LogP contribution is -2.14. The third-order valence-corrected chi connectivity index (χ3v) is 3.92. The van der Waals surface area contributed by atoms with Crippen LogP contribution in [0, 0.1) is 25.2 Å². The molecule has 0 bridgehead atoms. The molecule has 1 amide bonds. The highest BCUT2D eigenvalue weighted by molar-refractivity contribution is 7.99. The second-order valence-electron chi connectivity index (χ2n) is 4.53. The van der Waals surface area contributed by atoms with Gasteiger partial charge in [-0.25, -0.2) is 0 Å². The van der Waals surface area contributed by atoms with Gasteiger partial charge in [0.2, 0.25) is 5.91 Å². The first kappa shape index (κ1) is 15.1. The molecule has 1 heterocycles. The van der Waals surface area contributed by atoms with E-state index in [9.17, 15) is 4.79 Å². The van der Waals surface area contributed by atoms with Crippen molar-refractivity contribution in [2.24, 2.45) is 0 Å². The minimum Gasteiger partial charge on any atom is -0.361 e. The quantitative estimate of drug-likeness (QED) is 0.918. The number of nitrogens with zero attached hydrogens (tertiary/aromatic N) is 2. The number of amides is 1. The zero-order valence-corrected chi connectivity index (χ0v) is 12.7. The largest absolute Gasteiger partial charge is 0.361 e. The number of carbonyl (C=O) groups is 1. The lowest BCUT2D eigenvalue weighted by molar-refractivity contribution is -0.113. The van der Waals surface area contributed by atoms with Gasteiger partial charge in [-0.2, -0.15) is 5.26 Å². The van der Waals surface area contributed by atoms with Gasteiger partial charge in [0.05, 0.1) is 23.1 Å². The third-order valence-electron chi connectivity index (χ3n) is 2.96. The standard InChI is InChI=1S/C15H15N3O2S/c1-10-14(11(2)20-18-10)8-21-9-15(19)17-13-5-3-12(7-16)4-6-13/h3-6H,8-9H2,1-2H3,(H,17,19). The molecule has 21 heavy (non-hydrogen) atoms. The second kappa shape index (κ2) is 6.95. The number of benzene rings is 1. The number of hydrogen-bond acceptors (Lipinski definition) is 5. The van der Waals surface area contributed by atoms with E-state index in [0.29, 0.717) is 22.8 Å². The van der Waals surface area contributed by atoms with E-state index in [1.807, 2.05) is 19.9 Å². The van der Waals surface area contributed by atoms with Crippen LogP contribution in [0.15, 0.2) is 28.8 Å². The molecule has 0 aliphatic rings. The molecular formula is C15H15N3O2S. The monoisotopic (exact) mass is 301 g/mol. The zero-order chi connectivity index (χ0) is 15.2. The molecule has 0 saturated heterocycles. The molecule has 0 fully saturated rings. The van der Waals surface area contributed by atoms with Crippen LogP contribution in [0.1, 0.15) is 22.6 Å². The summed E-state index contributed by atoms with van der Waals surface area (Å²) in [6, 6.07) is 8.82. The van der Waals surface area contributed by atoms with Crippen molar-refractivity contribution in [3.05, 3.63) is 46.8 Å². The summed E-state index contributed by atoms with van der Waals surface area (Å²) in [5.74, 6) is 1.77. The van der Waals surface area contributed by atoms with Crippen LogP contribution in [0.3, 0.4) is 0 Å². The van der Waals surface area contributed by atoms with Gasteiger partial charge in [0, 0.05) is 17.0 Å². The van der Waals surface area contributed by atoms with Crippen LogP contribution >= 0.6 is 11.8 Å². The van der Waals surface area contributed by atoms with E-state index >= 15 is 0 Å². The molecule has 1 aromatic heterocycles. The molecule has 0 aliphatic carbocycles. The number of hydrogen-bond donors (Lipinski definition) is 1. The summed E-state index contributed by atoms with van der Waals surface area (Å²) in [6.07, 6.45) is 0. The van der Waals surface area contributed by atoms with Gasteiger partial charge in [-0.05, 0) is 38.1 Å². The lowest BCUT2D eigenvalue weighted by Gasteiger charge is -2.05. The Balaban J connectivity index is 1.81. The SMILES string of the molecule is Cc1noc(C)c1CSCC(=O)Nc1ccc(C#N)cc1. The van der Waals surface area contributed by atoms with Crippen LogP contribution in [0.2, 0.25) is 0 Å². The number of aryl methyl sites for hydroxylation is 2. The number of aromatic nitrogens is 1. The number of rotatable bonds is 5. The van der Waals surface area contributed by atoms with Crippen LogP contribution in [0.25, 0.3) is 0 Å². The molecule has 2 aromatic rings. The number of carbonyl (C=O) groups excluding carboxylic acids is 1. The van der Waals surface area contributed by atoms with Gasteiger partial charge < -0.3 is 9.84 Å². The Bertz CT molecular complexity index is 652. The average molecular weight is 301 g/mol. The highest BCUT2D eigenvalue weighted by Crippen LogP contribution is 2.19. The molecular weight excluding hydrogens is 286 g/mol. The van der Waals surface area contributed by atoms with Gasteiger partial charge in [0.1, 0.15) is 5.76 Å². The van der Waals surface area contributed by atoms with Crippen molar-refractivity contribution in [3.63, 3.8) is 0 Å². The van der Waals surface area contributed by atoms with E-state index in [2.05, 4.69) is 10.5 Å². The van der Waals surface area contributed by atoms with Crippen molar-refractivity contribution in [2.45, 2.75) is 19.6 Å². The summed E-state index contributed by atoms with van der Waals surface area (Å²) < 4.78 is 5.08. The smallest absolute Gasteiger partial charge is 0.234 e. The predicted octanol–water partition coefficient (Wildman–Crippen LogP) is 3.04. The number of nitrogens with one attached hydrogen (secondary N) is 1. The topological polar surface area (TPSA) is 78.9 Å². The maximum absolute atomic E-state index is 11.8. The average Bonchev–Trinajstić information content (AvgIpc) is 2.80. The summed E-state index contributed by atoms with van der Waals surface area (Å²) >= 11 is 1.51. The Hall–Kier alpha value is -2.26. The molecule has 0 radical (unpaired) electrons. The Morgan fingerprint density at radius 2 is 2.10 bits per heavy atom. The maximum Gasteiger partial charge on any atom is 0.234 e. The van der Waals surface area contributed by atoms with Crippen molar-refractivity contribution < 1.29 is 9.32 Å². The van der Waals surface area contributed by atoms with Crippen LogP contribution in [-0.2, 0) is 10.5 Å². The van der Waals surface area contributed by atoms with Crippen molar-refractivity contribution in [3.8, 4) is 6.07 Å². The number of thioether (sulfide) groups is 1. The normalized spacial score (nSPS) is 10.1. The molecule has 2 rings (SSSR count). The predicted molar refractivity (Wildman–Crippen MR) is 81.9 cm³/mol. The molecule has 0 aliphatic heterocycles. The molecule has 6 heteroatoms. The van der Waals surface area contributed by atoms with E-state index in [4.69, 9.17) is 9.78 Å². The van der Waals surface area contributed by atoms with Crippen molar-refractivity contribution >= 4 is 23.4 Å². The summed E-state index contributed by atoms with van der Waals surface area (Å²) in [4.78, 5) is 11.8. The summed E-state index contributed by atoms with van der Waals surface area (Å²) in [6.45, 7) is 3.76. The summed E-state index contributed by atoms with van der Waals surface area (Å²) in [7, 11) is 0. The number of nitriles is 1. The first-order valence-corrected chi connectivity index (χ1v) is 7.55. The van der Waals surface area contributed by atoms with E-state index in [1.54, 1.807) is 24.3 Å². The van der Waals surface area contributed by atoms with E-state index < -0.39 is 0 Å². The van der Waals surface area contributed by atoms with Gasteiger partial charge in [-0.3, -0.25) is 4.79 Å². The maximum atomic E-state index is 11.8. The van der Waals surface area contributed by atoms with Crippen LogP contribution in [0.4, 0.5) is 5.69 Å². The molecule has 1 N–H and O–H groups in total. The van der Waals surface area contributed by atoms with Crippen molar-refractivity contribution in [2.75, 3.05) is 11.1 Å². The lowest BCUT2D eigenvalue weighted by atomic mass is 10.2. The van der Waals surface area contributed by atoms with Gasteiger partial charge in [-0.15, -0.1) is 11.8 Å². The Kier molecular flexibility index (Phi) is 5.01. The van der Waals surface area contributed by atoms with E-state index in [-0.39, 0.29) is 5.91 Å². The first-order chi connectivity index (χ1) is 10.1. The van der Waals surface area contributed by atoms with Crippen LogP contribution in [-0.4, -0.2) is 16.8 Å². The summed E-state index contributed by atoms with van der Waals surface area (Å²) in [5.41, 5.74) is 3.18. The fraction of sp³-hybridized carbons (Fsp3) is 0.267. The highest BCUT2D eigenvalue weighted by Gasteiger charge is 2.10. The molecule has 0 spiro atoms. The number of anilines is 1. The van der Waals surface area contributed by atoms with Gasteiger partial charge in [0.15, 0.2) is 0 Å².